The van der Waals surface area contributed by atoms with Gasteiger partial charge in [0, 0.05) is 0 Å². The van der Waals surface area contributed by atoms with Gasteiger partial charge in [0.05, 0.1) is 12.2 Å². The molecule has 0 amide bonds. The number of rotatable bonds is 3. The first kappa shape index (κ1) is 14.3. The number of aliphatic hydroxyl groups is 1. The van der Waals surface area contributed by atoms with Gasteiger partial charge >= 0.3 is 6.18 Å². The molecule has 0 aliphatic heterocycles. The Morgan fingerprint density at radius 1 is 1.00 bits per heavy atom. The molecule has 0 bridgehead atoms. The first-order valence-corrected chi connectivity index (χ1v) is 5.64. The third-order valence-corrected chi connectivity index (χ3v) is 2.59. The largest absolute Gasteiger partial charge is 0.454 e. The van der Waals surface area contributed by atoms with Gasteiger partial charge in [0.2, 0.25) is 0 Å². The molecule has 2 nitrogen and oxygen atoms in total. The van der Waals surface area contributed by atoms with Crippen LogP contribution in [0.2, 0.25) is 0 Å². The summed E-state index contributed by atoms with van der Waals surface area (Å²) < 4.78 is 55.8. The third kappa shape index (κ3) is 3.27. The second-order valence-corrected chi connectivity index (χ2v) is 4.05. The molecule has 0 fully saturated rings. The molecule has 0 spiro atoms. The van der Waals surface area contributed by atoms with Gasteiger partial charge in [0.15, 0.2) is 11.6 Å². The van der Waals surface area contributed by atoms with Gasteiger partial charge in [-0.15, -0.1) is 0 Å². The van der Waals surface area contributed by atoms with E-state index in [1.165, 1.54) is 12.1 Å². The Morgan fingerprint density at radius 2 is 1.65 bits per heavy atom. The lowest BCUT2D eigenvalue weighted by molar-refractivity contribution is -0.137. The van der Waals surface area contributed by atoms with Crippen molar-refractivity contribution in [1.82, 2.24) is 0 Å². The van der Waals surface area contributed by atoms with E-state index in [2.05, 4.69) is 0 Å². The maximum atomic E-state index is 13.5. The summed E-state index contributed by atoms with van der Waals surface area (Å²) in [5, 5.41) is 8.94. The number of halogens is 4. The number of hydrogen-bond acceptors (Lipinski definition) is 2. The van der Waals surface area contributed by atoms with Crippen LogP contribution >= 0.6 is 0 Å². The lowest BCUT2D eigenvalue weighted by atomic mass is 10.2. The molecule has 0 saturated carbocycles. The predicted octanol–water partition coefficient (Wildman–Crippen LogP) is 4.13. The molecule has 1 N–H and O–H groups in total. The quantitative estimate of drug-likeness (QED) is 0.860. The van der Waals surface area contributed by atoms with Crippen LogP contribution in [0.15, 0.2) is 42.5 Å². The highest BCUT2D eigenvalue weighted by Crippen LogP contribution is 2.32. The van der Waals surface area contributed by atoms with E-state index in [0.29, 0.717) is 5.56 Å². The van der Waals surface area contributed by atoms with Crippen molar-refractivity contribution in [3.05, 3.63) is 59.4 Å². The zero-order valence-corrected chi connectivity index (χ0v) is 10.1. The zero-order valence-electron chi connectivity index (χ0n) is 10.1. The van der Waals surface area contributed by atoms with Gasteiger partial charge in [-0.1, -0.05) is 6.07 Å². The number of ether oxygens (including phenoxy) is 1. The fraction of sp³-hybridized carbons (Fsp3) is 0.143. The second kappa shape index (κ2) is 5.50. The molecule has 0 aromatic heterocycles. The van der Waals surface area contributed by atoms with Crippen molar-refractivity contribution in [3.8, 4) is 11.5 Å². The molecular weight excluding hydrogens is 276 g/mol. The summed E-state index contributed by atoms with van der Waals surface area (Å²) in [6, 6.07) is 7.70. The fourth-order valence-electron chi connectivity index (χ4n) is 1.56. The molecule has 0 heterocycles. The highest BCUT2D eigenvalue weighted by molar-refractivity contribution is 5.36. The molecule has 0 saturated heterocycles. The van der Waals surface area contributed by atoms with Crippen molar-refractivity contribution in [2.45, 2.75) is 12.8 Å². The van der Waals surface area contributed by atoms with Crippen molar-refractivity contribution in [2.24, 2.45) is 0 Å². The van der Waals surface area contributed by atoms with Crippen LogP contribution in [0.25, 0.3) is 0 Å². The van der Waals surface area contributed by atoms with Gasteiger partial charge in [-0.25, -0.2) is 4.39 Å². The lowest BCUT2D eigenvalue weighted by Gasteiger charge is -2.10. The van der Waals surface area contributed by atoms with Gasteiger partial charge in [-0.05, 0) is 42.0 Å². The highest BCUT2D eigenvalue weighted by Gasteiger charge is 2.30. The van der Waals surface area contributed by atoms with Crippen molar-refractivity contribution >= 4 is 0 Å². The summed E-state index contributed by atoms with van der Waals surface area (Å²) >= 11 is 0. The average molecular weight is 286 g/mol. The molecule has 106 valence electrons. The summed E-state index contributed by atoms with van der Waals surface area (Å²) in [6.45, 7) is -0.288. The zero-order chi connectivity index (χ0) is 14.8. The highest BCUT2D eigenvalue weighted by atomic mass is 19.4. The number of hydrogen-bond donors (Lipinski definition) is 1. The molecule has 2 aromatic carbocycles. The van der Waals surface area contributed by atoms with Crippen LogP contribution in [0.3, 0.4) is 0 Å². The predicted molar refractivity (Wildman–Crippen MR) is 63.8 cm³/mol. The van der Waals surface area contributed by atoms with Crippen molar-refractivity contribution in [2.75, 3.05) is 0 Å². The Bertz CT molecular complexity index is 591. The van der Waals surface area contributed by atoms with E-state index in [1.54, 1.807) is 0 Å². The van der Waals surface area contributed by atoms with E-state index in [0.717, 1.165) is 30.3 Å². The smallest absolute Gasteiger partial charge is 0.416 e. The molecule has 2 aromatic rings. The van der Waals surface area contributed by atoms with Crippen LogP contribution < -0.4 is 4.74 Å². The number of alkyl halides is 3. The Labute approximate surface area is 112 Å². The molecule has 20 heavy (non-hydrogen) atoms. The van der Waals surface area contributed by atoms with Gasteiger partial charge < -0.3 is 9.84 Å². The molecule has 0 aliphatic rings. The lowest BCUT2D eigenvalue weighted by Crippen LogP contribution is -2.04. The van der Waals surface area contributed by atoms with Crippen LogP contribution in [0.5, 0.6) is 11.5 Å². The minimum atomic E-state index is -4.43. The van der Waals surface area contributed by atoms with Crippen molar-refractivity contribution in [3.63, 3.8) is 0 Å². The second-order valence-electron chi connectivity index (χ2n) is 4.05. The number of benzene rings is 2. The molecule has 2 rings (SSSR count). The molecule has 0 atom stereocenters. The summed E-state index contributed by atoms with van der Waals surface area (Å²) in [6.07, 6.45) is -4.43. The van der Waals surface area contributed by atoms with Gasteiger partial charge in [0.25, 0.3) is 0 Å². The maximum absolute atomic E-state index is 13.5. The van der Waals surface area contributed by atoms with Crippen LogP contribution in [-0.2, 0) is 12.8 Å². The van der Waals surface area contributed by atoms with E-state index < -0.39 is 17.6 Å². The molecule has 0 radical (unpaired) electrons. The van der Waals surface area contributed by atoms with E-state index in [9.17, 15) is 17.6 Å². The Balaban J connectivity index is 2.22. The normalized spacial score (nSPS) is 11.4. The summed E-state index contributed by atoms with van der Waals surface area (Å²) in [5.41, 5.74) is -0.372. The van der Waals surface area contributed by atoms with Crippen molar-refractivity contribution < 1.29 is 27.4 Å². The first-order valence-electron chi connectivity index (χ1n) is 5.64. The fourth-order valence-corrected chi connectivity index (χ4v) is 1.56. The summed E-state index contributed by atoms with van der Waals surface area (Å²) in [4.78, 5) is 0. The van der Waals surface area contributed by atoms with Gasteiger partial charge in [-0.3, -0.25) is 0 Å². The third-order valence-electron chi connectivity index (χ3n) is 2.59. The van der Waals surface area contributed by atoms with Crippen LogP contribution in [-0.4, -0.2) is 5.11 Å². The Hall–Kier alpha value is -2.08. The molecule has 0 aliphatic carbocycles. The average Bonchev–Trinajstić information content (AvgIpc) is 2.41. The molecule has 0 unspecified atom stereocenters. The molecule has 6 heteroatoms. The Morgan fingerprint density at radius 3 is 2.20 bits per heavy atom. The monoisotopic (exact) mass is 286 g/mol. The van der Waals surface area contributed by atoms with Crippen molar-refractivity contribution in [1.29, 1.82) is 0 Å². The summed E-state index contributed by atoms with van der Waals surface area (Å²) in [7, 11) is 0. The first-order chi connectivity index (χ1) is 9.40. The van der Waals surface area contributed by atoms with E-state index >= 15 is 0 Å². The minimum Gasteiger partial charge on any atom is -0.454 e. The van der Waals surface area contributed by atoms with E-state index in [-0.39, 0.29) is 18.1 Å². The van der Waals surface area contributed by atoms with Crippen LogP contribution in [0.4, 0.5) is 17.6 Å². The van der Waals surface area contributed by atoms with E-state index in [1.807, 2.05) is 0 Å². The Kier molecular flexibility index (Phi) is 3.94. The van der Waals surface area contributed by atoms with E-state index in [4.69, 9.17) is 9.84 Å². The summed E-state index contributed by atoms with van der Waals surface area (Å²) in [5.74, 6) is -0.745. The maximum Gasteiger partial charge on any atom is 0.416 e. The topological polar surface area (TPSA) is 29.5 Å². The minimum absolute atomic E-state index is 0.0759. The number of aliphatic hydroxyl groups excluding tert-OH is 1. The van der Waals surface area contributed by atoms with Crippen LogP contribution in [0, 0.1) is 5.82 Å². The van der Waals surface area contributed by atoms with Gasteiger partial charge in [0.1, 0.15) is 5.75 Å². The molecular formula is C14H10F4O2. The SMILES string of the molecule is OCc1ccc(F)c(Oc2ccc(C(F)(F)F)cc2)c1. The standard InChI is InChI=1S/C14H10F4O2/c15-12-6-1-9(8-19)7-13(12)20-11-4-2-10(3-5-11)14(16,17)18/h1-7,19H,8H2. The van der Waals surface area contributed by atoms with Crippen LogP contribution in [0.1, 0.15) is 11.1 Å². The van der Waals surface area contributed by atoms with Gasteiger partial charge in [-0.2, -0.15) is 13.2 Å².